The van der Waals surface area contributed by atoms with Crippen molar-refractivity contribution in [1.29, 1.82) is 0 Å². The standard InChI is InChI=1S/C13H16N4O3/c1-8-6-14-11(15-7-8)12-16-9(20-17-12)4-13(2,3)5-10(18)19/h6-7H,4-5H2,1-3H3,(H,18,19). The maximum Gasteiger partial charge on any atom is 0.303 e. The molecule has 0 unspecified atom stereocenters. The lowest BCUT2D eigenvalue weighted by atomic mass is 9.86. The van der Waals surface area contributed by atoms with E-state index in [2.05, 4.69) is 20.1 Å². The van der Waals surface area contributed by atoms with Crippen molar-refractivity contribution in [2.45, 2.75) is 33.6 Å². The van der Waals surface area contributed by atoms with Gasteiger partial charge in [-0.25, -0.2) is 9.97 Å². The maximum atomic E-state index is 10.8. The topological polar surface area (TPSA) is 102 Å². The first-order valence-electron chi connectivity index (χ1n) is 6.19. The summed E-state index contributed by atoms with van der Waals surface area (Å²) < 4.78 is 5.13. The molecule has 20 heavy (non-hydrogen) atoms. The third kappa shape index (κ3) is 3.59. The maximum absolute atomic E-state index is 10.8. The summed E-state index contributed by atoms with van der Waals surface area (Å²) in [4.78, 5) is 23.2. The molecule has 2 aromatic heterocycles. The van der Waals surface area contributed by atoms with E-state index in [1.54, 1.807) is 12.4 Å². The number of carboxylic acid groups (broad SMARTS) is 1. The fourth-order valence-corrected chi connectivity index (χ4v) is 1.81. The number of nitrogens with zero attached hydrogens (tertiary/aromatic N) is 4. The number of aryl methyl sites for hydroxylation is 1. The Morgan fingerprint density at radius 2 is 1.95 bits per heavy atom. The molecular weight excluding hydrogens is 260 g/mol. The van der Waals surface area contributed by atoms with Gasteiger partial charge < -0.3 is 9.63 Å². The molecule has 0 fully saturated rings. The highest BCUT2D eigenvalue weighted by Gasteiger charge is 2.25. The SMILES string of the molecule is Cc1cnc(-c2noc(CC(C)(C)CC(=O)O)n2)nc1. The van der Waals surface area contributed by atoms with E-state index in [-0.39, 0.29) is 6.42 Å². The number of hydrogen-bond donors (Lipinski definition) is 1. The Kier molecular flexibility index (Phi) is 3.78. The van der Waals surface area contributed by atoms with Crippen LogP contribution < -0.4 is 0 Å². The molecule has 0 aromatic carbocycles. The molecule has 0 saturated carbocycles. The van der Waals surface area contributed by atoms with Gasteiger partial charge in [-0.3, -0.25) is 4.79 Å². The second-order valence-corrected chi connectivity index (χ2v) is 5.51. The largest absolute Gasteiger partial charge is 0.481 e. The van der Waals surface area contributed by atoms with Crippen molar-refractivity contribution in [1.82, 2.24) is 20.1 Å². The molecule has 0 amide bonds. The summed E-state index contributed by atoms with van der Waals surface area (Å²) in [5, 5.41) is 12.7. The van der Waals surface area contributed by atoms with Crippen LogP contribution >= 0.6 is 0 Å². The molecule has 0 radical (unpaired) electrons. The summed E-state index contributed by atoms with van der Waals surface area (Å²) in [6.07, 6.45) is 3.77. The van der Waals surface area contributed by atoms with Crippen LogP contribution in [0.1, 0.15) is 31.7 Å². The van der Waals surface area contributed by atoms with E-state index in [1.807, 2.05) is 20.8 Å². The van der Waals surface area contributed by atoms with Crippen molar-refractivity contribution >= 4 is 5.97 Å². The van der Waals surface area contributed by atoms with E-state index in [0.29, 0.717) is 24.0 Å². The van der Waals surface area contributed by atoms with E-state index in [1.165, 1.54) is 0 Å². The highest BCUT2D eigenvalue weighted by molar-refractivity contribution is 5.67. The molecule has 2 aromatic rings. The van der Waals surface area contributed by atoms with Gasteiger partial charge in [-0.15, -0.1) is 0 Å². The number of aliphatic carboxylic acids is 1. The van der Waals surface area contributed by atoms with Crippen molar-refractivity contribution in [3.8, 4) is 11.6 Å². The van der Waals surface area contributed by atoms with Gasteiger partial charge >= 0.3 is 5.97 Å². The fraction of sp³-hybridized carbons (Fsp3) is 0.462. The van der Waals surface area contributed by atoms with E-state index >= 15 is 0 Å². The van der Waals surface area contributed by atoms with Crippen LogP contribution in [0.5, 0.6) is 0 Å². The third-order valence-electron chi connectivity index (χ3n) is 2.71. The smallest absolute Gasteiger partial charge is 0.303 e. The highest BCUT2D eigenvalue weighted by Crippen LogP contribution is 2.25. The number of carboxylic acids is 1. The fourth-order valence-electron chi connectivity index (χ4n) is 1.81. The van der Waals surface area contributed by atoms with Crippen LogP contribution in [0, 0.1) is 12.3 Å². The van der Waals surface area contributed by atoms with Crippen LogP contribution in [0.2, 0.25) is 0 Å². The highest BCUT2D eigenvalue weighted by atomic mass is 16.5. The monoisotopic (exact) mass is 276 g/mol. The summed E-state index contributed by atoms with van der Waals surface area (Å²) >= 11 is 0. The second-order valence-electron chi connectivity index (χ2n) is 5.51. The van der Waals surface area contributed by atoms with E-state index < -0.39 is 11.4 Å². The zero-order chi connectivity index (χ0) is 14.8. The van der Waals surface area contributed by atoms with Crippen LogP contribution in [0.3, 0.4) is 0 Å². The molecule has 0 aliphatic carbocycles. The first kappa shape index (κ1) is 14.1. The molecular formula is C13H16N4O3. The molecule has 1 N–H and O–H groups in total. The molecule has 0 saturated heterocycles. The first-order valence-corrected chi connectivity index (χ1v) is 6.19. The molecule has 0 aliphatic heterocycles. The quantitative estimate of drug-likeness (QED) is 0.889. The van der Waals surface area contributed by atoms with Crippen molar-refractivity contribution in [2.75, 3.05) is 0 Å². The molecule has 2 rings (SSSR count). The predicted octanol–water partition coefficient (Wildman–Crippen LogP) is 1.88. The van der Waals surface area contributed by atoms with Gasteiger partial charge in [-0.1, -0.05) is 19.0 Å². The number of carbonyl (C=O) groups is 1. The Bertz CT molecular complexity index is 604. The lowest BCUT2D eigenvalue weighted by molar-refractivity contribution is -0.139. The second kappa shape index (κ2) is 5.36. The number of rotatable bonds is 5. The van der Waals surface area contributed by atoms with Gasteiger partial charge in [-0.05, 0) is 17.9 Å². The minimum Gasteiger partial charge on any atom is -0.481 e. The molecule has 7 nitrogen and oxygen atoms in total. The number of aromatic nitrogens is 4. The van der Waals surface area contributed by atoms with Crippen LogP contribution in [-0.2, 0) is 11.2 Å². The molecule has 7 heteroatoms. The van der Waals surface area contributed by atoms with Crippen LogP contribution in [0.25, 0.3) is 11.6 Å². The van der Waals surface area contributed by atoms with Gasteiger partial charge in [-0.2, -0.15) is 4.98 Å². The molecule has 0 atom stereocenters. The Morgan fingerprint density at radius 1 is 1.30 bits per heavy atom. The Balaban J connectivity index is 2.13. The van der Waals surface area contributed by atoms with E-state index in [9.17, 15) is 4.79 Å². The van der Waals surface area contributed by atoms with Gasteiger partial charge in [0.25, 0.3) is 0 Å². The number of hydrogen-bond acceptors (Lipinski definition) is 6. The summed E-state index contributed by atoms with van der Waals surface area (Å²) in [6.45, 7) is 5.57. The lowest BCUT2D eigenvalue weighted by Gasteiger charge is -2.19. The van der Waals surface area contributed by atoms with Crippen LogP contribution in [-0.4, -0.2) is 31.2 Å². The molecule has 2 heterocycles. The van der Waals surface area contributed by atoms with Gasteiger partial charge in [0.1, 0.15) is 0 Å². The molecule has 106 valence electrons. The molecule has 0 bridgehead atoms. The average Bonchev–Trinajstić information content (AvgIpc) is 2.75. The summed E-state index contributed by atoms with van der Waals surface area (Å²) in [7, 11) is 0. The summed E-state index contributed by atoms with van der Waals surface area (Å²) in [6, 6.07) is 0. The van der Waals surface area contributed by atoms with Gasteiger partial charge in [0, 0.05) is 18.8 Å². The predicted molar refractivity (Wildman–Crippen MR) is 69.8 cm³/mol. The third-order valence-corrected chi connectivity index (χ3v) is 2.71. The summed E-state index contributed by atoms with van der Waals surface area (Å²) in [5.41, 5.74) is 0.490. The zero-order valence-corrected chi connectivity index (χ0v) is 11.6. The average molecular weight is 276 g/mol. The molecule has 0 aliphatic rings. The van der Waals surface area contributed by atoms with Crippen LogP contribution in [0.15, 0.2) is 16.9 Å². The first-order chi connectivity index (χ1) is 9.35. The van der Waals surface area contributed by atoms with E-state index in [0.717, 1.165) is 5.56 Å². The van der Waals surface area contributed by atoms with Crippen molar-refractivity contribution in [3.63, 3.8) is 0 Å². The van der Waals surface area contributed by atoms with Crippen molar-refractivity contribution in [2.24, 2.45) is 5.41 Å². The normalized spacial score (nSPS) is 11.6. The molecule has 0 spiro atoms. The summed E-state index contributed by atoms with van der Waals surface area (Å²) in [5.74, 6) is 0.236. The van der Waals surface area contributed by atoms with Crippen molar-refractivity contribution < 1.29 is 14.4 Å². The lowest BCUT2D eigenvalue weighted by Crippen LogP contribution is -2.19. The van der Waals surface area contributed by atoms with Crippen LogP contribution in [0.4, 0.5) is 0 Å². The van der Waals surface area contributed by atoms with Gasteiger partial charge in [0.2, 0.25) is 17.5 Å². The van der Waals surface area contributed by atoms with Crippen molar-refractivity contribution in [3.05, 3.63) is 23.8 Å². The Labute approximate surface area is 116 Å². The minimum atomic E-state index is -0.850. The van der Waals surface area contributed by atoms with Gasteiger partial charge in [0.05, 0.1) is 6.42 Å². The van der Waals surface area contributed by atoms with Gasteiger partial charge in [0.15, 0.2) is 0 Å². The Hall–Kier alpha value is -2.31. The minimum absolute atomic E-state index is 0.0335. The zero-order valence-electron chi connectivity index (χ0n) is 11.6. The Morgan fingerprint density at radius 3 is 2.55 bits per heavy atom. The van der Waals surface area contributed by atoms with E-state index in [4.69, 9.17) is 9.63 Å².